The summed E-state index contributed by atoms with van der Waals surface area (Å²) in [5, 5.41) is 111. The van der Waals surface area contributed by atoms with Crippen LogP contribution < -0.4 is 9.47 Å². The van der Waals surface area contributed by atoms with Crippen LogP contribution in [0.15, 0.2) is 40.8 Å². The Labute approximate surface area is 242 Å². The van der Waals surface area contributed by atoms with Crippen LogP contribution in [0, 0.1) is 0 Å². The lowest BCUT2D eigenvalue weighted by atomic mass is 9.99. The predicted octanol–water partition coefficient (Wildman–Crippen LogP) is -2.14. The first-order chi connectivity index (χ1) is 20.4. The quantitative estimate of drug-likeness (QED) is 0.100. The molecule has 0 aliphatic carbocycles. The van der Waals surface area contributed by atoms with Gasteiger partial charge in [0.15, 0.2) is 11.5 Å². The molecule has 2 aliphatic heterocycles. The number of aliphatic hydroxyl groups excluding tert-OH is 8. The molecule has 0 saturated carbocycles. The van der Waals surface area contributed by atoms with Crippen LogP contribution in [0.2, 0.25) is 0 Å². The summed E-state index contributed by atoms with van der Waals surface area (Å²) in [4.78, 5) is 0. The second-order valence-electron chi connectivity index (χ2n) is 10.1. The number of rotatable bonds is 7. The number of hydrogen-bond donors (Lipinski definition) is 11. The Kier molecular flexibility index (Phi) is 8.77. The van der Waals surface area contributed by atoms with Crippen LogP contribution in [0.4, 0.5) is 0 Å². The smallest absolute Gasteiger partial charge is 0.402 e. The zero-order valence-electron chi connectivity index (χ0n) is 22.1. The number of aliphatic hydroxyl groups is 8. The van der Waals surface area contributed by atoms with E-state index in [1.54, 1.807) is 0 Å². The highest BCUT2D eigenvalue weighted by Crippen LogP contribution is 2.42. The third-order valence-corrected chi connectivity index (χ3v) is 7.23. The van der Waals surface area contributed by atoms with Crippen LogP contribution in [0.5, 0.6) is 28.7 Å². The van der Waals surface area contributed by atoms with E-state index in [1.165, 1.54) is 18.2 Å². The van der Waals surface area contributed by atoms with Crippen LogP contribution in [0.3, 0.4) is 0 Å². The van der Waals surface area contributed by atoms with Gasteiger partial charge in [0.1, 0.15) is 65.7 Å². The lowest BCUT2D eigenvalue weighted by Gasteiger charge is -2.39. The SMILES string of the molecule is OC[C@H]1O[C@@H](Oc2cc(O)c3cc(O[C@@H]4O[C@H](CO)[C@@H](O)[C@H](O)[C@H]4O)c(-c4ccc(O)c(O)c4)[o+]c3c2)[C@H](O)[C@@H](O)[C@@H]1O. The van der Waals surface area contributed by atoms with Crippen LogP contribution >= 0.6 is 0 Å². The normalized spacial score (nSPS) is 32.9. The van der Waals surface area contributed by atoms with Gasteiger partial charge < -0.3 is 75.1 Å². The Bertz CT molecular complexity index is 1450. The molecule has 1 aromatic heterocycles. The highest BCUT2D eigenvalue weighted by Gasteiger charge is 2.46. The summed E-state index contributed by atoms with van der Waals surface area (Å²) in [6.45, 7) is -1.41. The fourth-order valence-corrected chi connectivity index (χ4v) is 4.78. The monoisotopic (exact) mass is 611 g/mol. The number of hydrogen-bond acceptors (Lipinski definition) is 15. The Morgan fingerprint density at radius 3 is 1.77 bits per heavy atom. The lowest BCUT2D eigenvalue weighted by Crippen LogP contribution is -2.60. The van der Waals surface area contributed by atoms with Crippen molar-refractivity contribution in [1.82, 2.24) is 0 Å². The van der Waals surface area contributed by atoms with Crippen LogP contribution in [0.1, 0.15) is 0 Å². The summed E-state index contributed by atoms with van der Waals surface area (Å²) in [5.74, 6) is -1.94. The first kappa shape index (κ1) is 30.9. The topological polar surface area (TPSA) is 271 Å². The van der Waals surface area contributed by atoms with E-state index in [4.69, 9.17) is 23.4 Å². The van der Waals surface area contributed by atoms with E-state index in [0.29, 0.717) is 0 Å². The average molecular weight is 612 g/mol. The van der Waals surface area contributed by atoms with E-state index in [-0.39, 0.29) is 33.8 Å². The van der Waals surface area contributed by atoms with E-state index in [9.17, 15) is 56.2 Å². The zero-order chi connectivity index (χ0) is 31.2. The highest BCUT2D eigenvalue weighted by atomic mass is 16.7. The largest absolute Gasteiger partial charge is 0.507 e. The Balaban J connectivity index is 1.55. The Morgan fingerprint density at radius 2 is 1.21 bits per heavy atom. The molecule has 2 aliphatic rings. The van der Waals surface area contributed by atoms with Gasteiger partial charge in [-0.1, -0.05) is 0 Å². The van der Waals surface area contributed by atoms with E-state index < -0.39 is 91.9 Å². The standard InChI is InChI=1S/C27H30O16/c28-7-17-19(33)21(35)23(37)26(42-17)39-10-4-13(31)11-6-16(41-27-24(38)22(36)20(34)18(8-29)43-27)25(40-15(11)5-10)9-1-2-12(30)14(32)3-9/h1-6,17-24,26-29,33-38H,7-8H2,(H2-,30,31,32)/p+1/t17-,18-,19-,20-,21+,22+,23-,24-,26-,27-/m1/s1. The van der Waals surface area contributed by atoms with Crippen molar-refractivity contribution in [3.05, 3.63) is 36.4 Å². The molecule has 0 radical (unpaired) electrons. The van der Waals surface area contributed by atoms with Gasteiger partial charge in [-0.3, -0.25) is 0 Å². The van der Waals surface area contributed by atoms with Crippen LogP contribution in [-0.4, -0.2) is 131 Å². The van der Waals surface area contributed by atoms with Crippen molar-refractivity contribution in [3.8, 4) is 40.1 Å². The fraction of sp³-hybridized carbons (Fsp3) is 0.444. The van der Waals surface area contributed by atoms with Gasteiger partial charge in [0, 0.05) is 18.2 Å². The molecule has 5 rings (SSSR count). The van der Waals surface area contributed by atoms with Gasteiger partial charge in [0.25, 0.3) is 0 Å². The summed E-state index contributed by atoms with van der Waals surface area (Å²) in [5.41, 5.74) is 0.0554. The molecule has 16 nitrogen and oxygen atoms in total. The molecule has 3 aromatic rings. The molecule has 2 fully saturated rings. The van der Waals surface area contributed by atoms with Crippen molar-refractivity contribution >= 4 is 11.0 Å². The number of fused-ring (bicyclic) bond motifs is 1. The summed E-state index contributed by atoms with van der Waals surface area (Å²) >= 11 is 0. The maximum absolute atomic E-state index is 10.8. The molecule has 0 bridgehead atoms. The molecule has 11 N–H and O–H groups in total. The predicted molar refractivity (Wildman–Crippen MR) is 140 cm³/mol. The number of phenols is 3. The summed E-state index contributed by atoms with van der Waals surface area (Å²) in [6, 6.07) is 7.23. The van der Waals surface area contributed by atoms with Gasteiger partial charge in [-0.25, -0.2) is 4.42 Å². The Hall–Kier alpha value is -3.55. The van der Waals surface area contributed by atoms with Gasteiger partial charge in [-0.15, -0.1) is 0 Å². The third-order valence-electron chi connectivity index (χ3n) is 7.23. The number of benzene rings is 2. The van der Waals surface area contributed by atoms with Crippen LogP contribution in [0.25, 0.3) is 22.3 Å². The molecule has 10 atom stereocenters. The summed E-state index contributed by atoms with van der Waals surface area (Å²) in [6.07, 6.45) is -16.0. The zero-order valence-corrected chi connectivity index (χ0v) is 22.1. The highest BCUT2D eigenvalue weighted by molar-refractivity contribution is 5.88. The molecule has 16 heteroatoms. The fourth-order valence-electron chi connectivity index (χ4n) is 4.78. The minimum Gasteiger partial charge on any atom is -0.507 e. The molecule has 2 saturated heterocycles. The maximum Gasteiger partial charge on any atom is 0.402 e. The van der Waals surface area contributed by atoms with Crippen molar-refractivity contribution in [1.29, 1.82) is 0 Å². The average Bonchev–Trinajstić information content (AvgIpc) is 2.99. The van der Waals surface area contributed by atoms with E-state index >= 15 is 0 Å². The minimum absolute atomic E-state index is 0.00694. The van der Waals surface area contributed by atoms with Gasteiger partial charge in [-0.2, -0.15) is 0 Å². The van der Waals surface area contributed by atoms with Crippen molar-refractivity contribution < 1.29 is 79.5 Å². The van der Waals surface area contributed by atoms with Gasteiger partial charge in [0.05, 0.1) is 24.8 Å². The molecule has 0 amide bonds. The molecule has 234 valence electrons. The van der Waals surface area contributed by atoms with E-state index in [2.05, 4.69) is 0 Å². The second kappa shape index (κ2) is 12.2. The van der Waals surface area contributed by atoms with Crippen molar-refractivity contribution in [3.63, 3.8) is 0 Å². The number of phenolic OH excluding ortho intramolecular Hbond substituents is 3. The van der Waals surface area contributed by atoms with Crippen molar-refractivity contribution in [2.45, 2.75) is 61.4 Å². The maximum atomic E-state index is 10.8. The molecule has 0 spiro atoms. The number of aromatic hydroxyl groups is 3. The Morgan fingerprint density at radius 1 is 0.628 bits per heavy atom. The first-order valence-electron chi connectivity index (χ1n) is 13.0. The van der Waals surface area contributed by atoms with Crippen molar-refractivity contribution in [2.24, 2.45) is 0 Å². The third kappa shape index (κ3) is 5.85. The van der Waals surface area contributed by atoms with Gasteiger partial charge >= 0.3 is 11.3 Å². The molecule has 3 heterocycles. The molecular formula is C27H31O16+. The second-order valence-corrected chi connectivity index (χ2v) is 10.1. The van der Waals surface area contributed by atoms with E-state index in [1.807, 2.05) is 0 Å². The lowest BCUT2D eigenvalue weighted by molar-refractivity contribution is -0.277. The summed E-state index contributed by atoms with van der Waals surface area (Å²) < 4.78 is 28.1. The molecular weight excluding hydrogens is 580 g/mol. The summed E-state index contributed by atoms with van der Waals surface area (Å²) in [7, 11) is 0. The van der Waals surface area contributed by atoms with Gasteiger partial charge in [0.2, 0.25) is 18.3 Å². The minimum atomic E-state index is -1.79. The molecule has 0 unspecified atom stereocenters. The number of ether oxygens (including phenoxy) is 4. The first-order valence-corrected chi connectivity index (χ1v) is 13.0. The van der Waals surface area contributed by atoms with Crippen molar-refractivity contribution in [2.75, 3.05) is 13.2 Å². The molecule has 43 heavy (non-hydrogen) atoms. The van der Waals surface area contributed by atoms with Crippen LogP contribution in [-0.2, 0) is 9.47 Å². The van der Waals surface area contributed by atoms with Gasteiger partial charge in [-0.05, 0) is 12.1 Å². The molecule has 2 aromatic carbocycles. The van der Waals surface area contributed by atoms with E-state index in [0.717, 1.165) is 18.2 Å².